The molecule has 102 valence electrons. The number of rotatable bonds is 2. The minimum Gasteiger partial charge on any atom is -0.384 e. The van der Waals surface area contributed by atoms with Gasteiger partial charge >= 0.3 is 0 Å². The number of carbonyl (C=O) groups is 1. The molecule has 0 saturated heterocycles. The maximum atomic E-state index is 11.6. The van der Waals surface area contributed by atoms with Crippen molar-refractivity contribution in [2.45, 2.75) is 10.9 Å². The van der Waals surface area contributed by atoms with Gasteiger partial charge in [-0.3, -0.25) is 4.79 Å². The molecule has 2 aromatic carbocycles. The summed E-state index contributed by atoms with van der Waals surface area (Å²) in [6, 6.07) is 13.1. The molecule has 0 saturated carbocycles. The lowest BCUT2D eigenvalue weighted by molar-refractivity contribution is -0.114. The fraction of sp³-hybridized carbons (Fsp3) is 0.133. The first kappa shape index (κ1) is 13.4. The minimum absolute atomic E-state index is 0.509. The van der Waals surface area contributed by atoms with Gasteiger partial charge in [-0.2, -0.15) is 0 Å². The number of benzene rings is 2. The first-order valence-corrected chi connectivity index (χ1v) is 6.96. The molecule has 3 nitrogen and oxygen atoms in total. The van der Waals surface area contributed by atoms with Crippen LogP contribution in [0, 0.1) is 0 Å². The van der Waals surface area contributed by atoms with E-state index in [0.717, 1.165) is 16.7 Å². The first-order chi connectivity index (χ1) is 9.59. The maximum Gasteiger partial charge on any atom is 0.257 e. The van der Waals surface area contributed by atoms with E-state index in [1.807, 2.05) is 36.4 Å². The van der Waals surface area contributed by atoms with Gasteiger partial charge in [0.1, 0.15) is 6.10 Å². The van der Waals surface area contributed by atoms with Gasteiger partial charge in [-0.25, -0.2) is 0 Å². The van der Waals surface area contributed by atoms with E-state index in [2.05, 4.69) is 5.32 Å². The summed E-state index contributed by atoms with van der Waals surface area (Å²) in [4.78, 5) is 10.5. The lowest BCUT2D eigenvalue weighted by Gasteiger charge is -2.13. The minimum atomic E-state index is -1.15. The Morgan fingerprint density at radius 2 is 1.80 bits per heavy atom. The van der Waals surface area contributed by atoms with Crippen LogP contribution in [-0.4, -0.2) is 15.8 Å². The quantitative estimate of drug-likeness (QED) is 0.834. The Balaban J connectivity index is 2.09. The number of aliphatic hydroxyl groups excluding tert-OH is 1. The second-order valence-corrected chi connectivity index (χ2v) is 5.64. The molecule has 0 bridgehead atoms. The summed E-state index contributed by atoms with van der Waals surface area (Å²) in [5.41, 5.74) is 3.92. The topological polar surface area (TPSA) is 49.3 Å². The molecule has 2 aromatic rings. The monoisotopic (exact) mass is 307 g/mol. The van der Waals surface area contributed by atoms with E-state index in [0.29, 0.717) is 11.3 Å². The molecule has 0 unspecified atom stereocenters. The lowest BCUT2D eigenvalue weighted by atomic mass is 10.0. The number of hydrogen-bond acceptors (Lipinski definition) is 2. The number of halogens is 2. The van der Waals surface area contributed by atoms with Gasteiger partial charge in [0.2, 0.25) is 0 Å². The van der Waals surface area contributed by atoms with Crippen LogP contribution in [0.1, 0.15) is 17.2 Å². The highest BCUT2D eigenvalue weighted by molar-refractivity contribution is 6.54. The average molecular weight is 308 g/mol. The van der Waals surface area contributed by atoms with Crippen molar-refractivity contribution >= 4 is 34.8 Å². The van der Waals surface area contributed by atoms with E-state index in [1.165, 1.54) is 0 Å². The molecule has 1 aliphatic rings. The SMILES string of the molecule is O=C(Nc1cccc2c1[C@H](O)c1ccccc1-2)C(Cl)Cl. The Morgan fingerprint density at radius 3 is 2.55 bits per heavy atom. The summed E-state index contributed by atoms with van der Waals surface area (Å²) in [5, 5.41) is 13.1. The molecule has 3 rings (SSSR count). The number of hydrogen-bond donors (Lipinski definition) is 2. The summed E-state index contributed by atoms with van der Waals surface area (Å²) < 4.78 is 0. The summed E-state index contributed by atoms with van der Waals surface area (Å²) >= 11 is 11.1. The molecular weight excluding hydrogens is 297 g/mol. The molecule has 2 N–H and O–H groups in total. The third kappa shape index (κ3) is 2.08. The van der Waals surface area contributed by atoms with Gasteiger partial charge in [-0.15, -0.1) is 0 Å². The van der Waals surface area contributed by atoms with E-state index >= 15 is 0 Å². The number of anilines is 1. The lowest BCUT2D eigenvalue weighted by Crippen LogP contribution is -2.19. The Hall–Kier alpha value is -1.55. The largest absolute Gasteiger partial charge is 0.384 e. The van der Waals surface area contributed by atoms with Gasteiger partial charge < -0.3 is 10.4 Å². The summed E-state index contributed by atoms with van der Waals surface area (Å²) in [5.74, 6) is -0.509. The van der Waals surface area contributed by atoms with Crippen molar-refractivity contribution in [2.24, 2.45) is 0 Å². The number of aliphatic hydroxyl groups is 1. The molecule has 0 fully saturated rings. The molecule has 1 aliphatic carbocycles. The molecule has 1 amide bonds. The molecule has 1 atom stereocenters. The van der Waals surface area contributed by atoms with E-state index < -0.39 is 16.8 Å². The van der Waals surface area contributed by atoms with Crippen LogP contribution in [0.15, 0.2) is 42.5 Å². The third-order valence-electron chi connectivity index (χ3n) is 3.38. The van der Waals surface area contributed by atoms with Gasteiger partial charge in [-0.1, -0.05) is 59.6 Å². The fourth-order valence-electron chi connectivity index (χ4n) is 2.53. The van der Waals surface area contributed by atoms with Crippen molar-refractivity contribution in [2.75, 3.05) is 5.32 Å². The summed E-state index contributed by atoms with van der Waals surface area (Å²) in [6.07, 6.45) is -0.762. The Labute approximate surface area is 126 Å². The highest BCUT2D eigenvalue weighted by Gasteiger charge is 2.29. The first-order valence-electron chi connectivity index (χ1n) is 6.09. The Kier molecular flexibility index (Phi) is 3.42. The van der Waals surface area contributed by atoms with Crippen LogP contribution < -0.4 is 5.32 Å². The van der Waals surface area contributed by atoms with Gasteiger partial charge in [0.15, 0.2) is 4.84 Å². The second kappa shape index (κ2) is 5.09. The molecule has 0 aliphatic heterocycles. The summed E-state index contributed by atoms with van der Waals surface area (Å²) in [7, 11) is 0. The van der Waals surface area contributed by atoms with Crippen molar-refractivity contribution in [3.8, 4) is 11.1 Å². The van der Waals surface area contributed by atoms with E-state index in [1.54, 1.807) is 6.07 Å². The van der Waals surface area contributed by atoms with Crippen molar-refractivity contribution in [1.82, 2.24) is 0 Å². The maximum absolute atomic E-state index is 11.6. The number of alkyl halides is 2. The van der Waals surface area contributed by atoms with E-state index in [-0.39, 0.29) is 0 Å². The van der Waals surface area contributed by atoms with Gasteiger partial charge in [0.25, 0.3) is 5.91 Å². The zero-order valence-electron chi connectivity index (χ0n) is 10.3. The molecule has 0 aromatic heterocycles. The third-order valence-corrected chi connectivity index (χ3v) is 3.78. The normalized spacial score (nSPS) is 15.9. The zero-order chi connectivity index (χ0) is 14.3. The number of nitrogens with one attached hydrogen (secondary N) is 1. The van der Waals surface area contributed by atoms with Crippen molar-refractivity contribution in [3.05, 3.63) is 53.6 Å². The number of carbonyl (C=O) groups excluding carboxylic acids is 1. The zero-order valence-corrected chi connectivity index (χ0v) is 11.8. The molecule has 0 spiro atoms. The highest BCUT2D eigenvalue weighted by atomic mass is 35.5. The van der Waals surface area contributed by atoms with Crippen LogP contribution in [0.5, 0.6) is 0 Å². The van der Waals surface area contributed by atoms with Gasteiger partial charge in [0, 0.05) is 11.3 Å². The molecular formula is C15H11Cl2NO2. The molecule has 0 radical (unpaired) electrons. The van der Waals surface area contributed by atoms with Crippen LogP contribution in [0.4, 0.5) is 5.69 Å². The van der Waals surface area contributed by atoms with Gasteiger partial charge in [0.05, 0.1) is 0 Å². The van der Waals surface area contributed by atoms with Crippen LogP contribution in [0.25, 0.3) is 11.1 Å². The number of fused-ring (bicyclic) bond motifs is 3. The van der Waals surface area contributed by atoms with Crippen LogP contribution in [-0.2, 0) is 4.79 Å². The van der Waals surface area contributed by atoms with Crippen molar-refractivity contribution in [1.29, 1.82) is 0 Å². The van der Waals surface area contributed by atoms with Crippen LogP contribution >= 0.6 is 23.2 Å². The van der Waals surface area contributed by atoms with Gasteiger partial charge in [-0.05, 0) is 22.8 Å². The standard InChI is InChI=1S/C15H11Cl2NO2/c16-14(17)15(20)18-11-7-3-6-9-8-4-1-2-5-10(8)13(19)12(9)11/h1-7,13-14,19H,(H,18,20)/t13-/m1/s1. The predicted molar refractivity (Wildman–Crippen MR) is 80.1 cm³/mol. The van der Waals surface area contributed by atoms with Crippen molar-refractivity contribution < 1.29 is 9.90 Å². The van der Waals surface area contributed by atoms with Crippen molar-refractivity contribution in [3.63, 3.8) is 0 Å². The number of amides is 1. The second-order valence-electron chi connectivity index (χ2n) is 4.55. The average Bonchev–Trinajstić information content (AvgIpc) is 2.74. The van der Waals surface area contributed by atoms with Crippen LogP contribution in [0.3, 0.4) is 0 Å². The highest BCUT2D eigenvalue weighted by Crippen LogP contribution is 2.46. The fourth-order valence-corrected chi connectivity index (χ4v) is 2.64. The molecule has 5 heteroatoms. The Bertz CT molecular complexity index is 685. The predicted octanol–water partition coefficient (Wildman–Crippen LogP) is 3.49. The van der Waals surface area contributed by atoms with E-state index in [9.17, 15) is 9.90 Å². The molecule has 20 heavy (non-hydrogen) atoms. The summed E-state index contributed by atoms with van der Waals surface area (Å²) in [6.45, 7) is 0. The smallest absolute Gasteiger partial charge is 0.257 e. The Morgan fingerprint density at radius 1 is 1.10 bits per heavy atom. The molecule has 0 heterocycles. The van der Waals surface area contributed by atoms with E-state index in [4.69, 9.17) is 23.2 Å². The van der Waals surface area contributed by atoms with Crippen LogP contribution in [0.2, 0.25) is 0 Å².